The molecule has 1 saturated heterocycles. The van der Waals surface area contributed by atoms with Crippen molar-refractivity contribution < 1.29 is 23.9 Å². The maximum atomic E-state index is 12.8. The molecule has 1 unspecified atom stereocenters. The molecule has 160 valence electrons. The highest BCUT2D eigenvalue weighted by atomic mass is 16.5. The Balaban J connectivity index is 1.33. The molecule has 0 bridgehead atoms. The van der Waals surface area contributed by atoms with Gasteiger partial charge < -0.3 is 20.7 Å². The number of ether oxygens (including phenoxy) is 1. The summed E-state index contributed by atoms with van der Waals surface area (Å²) in [7, 11) is 0. The topological polar surface area (TPSA) is 131 Å². The fourth-order valence-corrected chi connectivity index (χ4v) is 3.70. The number of anilines is 1. The zero-order chi connectivity index (χ0) is 22.0. The van der Waals surface area contributed by atoms with E-state index in [0.717, 1.165) is 16.7 Å². The zero-order valence-electron chi connectivity index (χ0n) is 16.7. The summed E-state index contributed by atoms with van der Waals surface area (Å²) in [6, 6.07) is 11.7. The lowest BCUT2D eigenvalue weighted by Gasteiger charge is -2.29. The molecule has 31 heavy (non-hydrogen) atoms. The first-order valence-corrected chi connectivity index (χ1v) is 9.92. The predicted molar refractivity (Wildman–Crippen MR) is 110 cm³/mol. The number of fused-ring (bicyclic) bond motifs is 1. The van der Waals surface area contributed by atoms with Gasteiger partial charge in [0.25, 0.3) is 5.91 Å². The van der Waals surface area contributed by atoms with Gasteiger partial charge in [-0.3, -0.25) is 19.7 Å². The molecule has 9 heteroatoms. The molecule has 1 atom stereocenters. The molecular formula is C22H22N4O5. The van der Waals surface area contributed by atoms with Crippen molar-refractivity contribution in [3.8, 4) is 0 Å². The fraction of sp³-hybridized carbons (Fsp3) is 0.273. The first-order chi connectivity index (χ1) is 14.9. The number of nitrogen functional groups attached to an aromatic ring is 1. The lowest BCUT2D eigenvalue weighted by molar-refractivity contribution is -0.136. The normalized spacial score (nSPS) is 17.9. The van der Waals surface area contributed by atoms with Crippen molar-refractivity contribution in [2.24, 2.45) is 0 Å². The van der Waals surface area contributed by atoms with Crippen molar-refractivity contribution in [3.05, 3.63) is 64.7 Å². The maximum Gasteiger partial charge on any atom is 0.407 e. The number of carbonyl (C=O) groups excluding carboxylic acids is 4. The Morgan fingerprint density at radius 2 is 1.87 bits per heavy atom. The summed E-state index contributed by atoms with van der Waals surface area (Å²) in [4.78, 5) is 49.8. The third-order valence-corrected chi connectivity index (χ3v) is 5.38. The number of imide groups is 1. The van der Waals surface area contributed by atoms with Crippen LogP contribution >= 0.6 is 0 Å². The molecule has 1 fully saturated rings. The number of benzene rings is 2. The molecule has 4 rings (SSSR count). The Morgan fingerprint density at radius 1 is 1.13 bits per heavy atom. The van der Waals surface area contributed by atoms with Crippen molar-refractivity contribution in [1.82, 2.24) is 15.5 Å². The number of piperidine rings is 1. The van der Waals surface area contributed by atoms with E-state index in [9.17, 15) is 19.2 Å². The van der Waals surface area contributed by atoms with Crippen molar-refractivity contribution in [3.63, 3.8) is 0 Å². The number of nitrogens with one attached hydrogen (secondary N) is 2. The summed E-state index contributed by atoms with van der Waals surface area (Å²) >= 11 is 0. The van der Waals surface area contributed by atoms with E-state index in [1.54, 1.807) is 30.3 Å². The van der Waals surface area contributed by atoms with Gasteiger partial charge in [0.15, 0.2) is 0 Å². The quantitative estimate of drug-likeness (QED) is 0.494. The molecule has 0 saturated carbocycles. The number of rotatable bonds is 5. The summed E-state index contributed by atoms with van der Waals surface area (Å²) in [5.74, 6) is -1.01. The van der Waals surface area contributed by atoms with Gasteiger partial charge in [-0.15, -0.1) is 0 Å². The van der Waals surface area contributed by atoms with Gasteiger partial charge in [0, 0.05) is 30.8 Å². The molecule has 0 aromatic heterocycles. The minimum absolute atomic E-state index is 0.121. The minimum atomic E-state index is -0.650. The Hall–Kier alpha value is -3.88. The predicted octanol–water partition coefficient (Wildman–Crippen LogP) is 1.46. The molecule has 2 aromatic carbocycles. The van der Waals surface area contributed by atoms with Crippen LogP contribution in [0, 0.1) is 0 Å². The molecule has 0 radical (unpaired) electrons. The van der Waals surface area contributed by atoms with E-state index in [-0.39, 0.29) is 31.4 Å². The average Bonchev–Trinajstić information content (AvgIpc) is 3.07. The average molecular weight is 422 g/mol. The lowest BCUT2D eigenvalue weighted by Crippen LogP contribution is -2.52. The van der Waals surface area contributed by atoms with E-state index in [1.807, 2.05) is 12.1 Å². The molecule has 2 aliphatic rings. The second-order valence-electron chi connectivity index (χ2n) is 7.56. The lowest BCUT2D eigenvalue weighted by atomic mass is 10.0. The molecule has 9 nitrogen and oxygen atoms in total. The van der Waals surface area contributed by atoms with Crippen LogP contribution in [0.3, 0.4) is 0 Å². The van der Waals surface area contributed by atoms with E-state index < -0.39 is 18.0 Å². The molecule has 0 aliphatic carbocycles. The third-order valence-electron chi connectivity index (χ3n) is 5.38. The van der Waals surface area contributed by atoms with E-state index in [0.29, 0.717) is 24.2 Å². The van der Waals surface area contributed by atoms with Gasteiger partial charge in [0.05, 0.1) is 0 Å². The molecule has 2 heterocycles. The second kappa shape index (κ2) is 8.47. The number of alkyl carbamates (subject to hydrolysis) is 1. The zero-order valence-corrected chi connectivity index (χ0v) is 16.7. The highest BCUT2D eigenvalue weighted by molar-refractivity contribution is 6.05. The highest BCUT2D eigenvalue weighted by Gasteiger charge is 2.39. The largest absolute Gasteiger partial charge is 0.445 e. The van der Waals surface area contributed by atoms with Crippen LogP contribution in [0.5, 0.6) is 0 Å². The number of nitrogens with two attached hydrogens (primary N) is 1. The number of amides is 4. The highest BCUT2D eigenvalue weighted by Crippen LogP contribution is 2.28. The first-order valence-electron chi connectivity index (χ1n) is 9.92. The minimum Gasteiger partial charge on any atom is -0.445 e. The van der Waals surface area contributed by atoms with Gasteiger partial charge in [0.2, 0.25) is 11.8 Å². The summed E-state index contributed by atoms with van der Waals surface area (Å²) in [5.41, 5.74) is 9.13. The van der Waals surface area contributed by atoms with E-state index in [1.165, 1.54) is 4.90 Å². The van der Waals surface area contributed by atoms with Crippen molar-refractivity contribution >= 4 is 29.5 Å². The molecule has 4 amide bonds. The van der Waals surface area contributed by atoms with Crippen LogP contribution in [0.2, 0.25) is 0 Å². The fourth-order valence-electron chi connectivity index (χ4n) is 3.70. The van der Waals surface area contributed by atoms with E-state index in [4.69, 9.17) is 10.5 Å². The van der Waals surface area contributed by atoms with Crippen molar-refractivity contribution in [2.75, 3.05) is 5.73 Å². The number of hydrogen-bond acceptors (Lipinski definition) is 6. The molecular weight excluding hydrogens is 400 g/mol. The third kappa shape index (κ3) is 4.50. The monoisotopic (exact) mass is 422 g/mol. The van der Waals surface area contributed by atoms with Gasteiger partial charge >= 0.3 is 6.09 Å². The standard InChI is InChI=1S/C22H22N4O5/c23-16-5-2-13(3-6-16)12-31-22(30)24-10-14-1-4-15-11-26(21(29)17(15)9-14)18-7-8-19(27)25-20(18)28/h1-6,9,18H,7-8,10-12,23H2,(H,24,30)(H,25,27,28). The SMILES string of the molecule is Nc1ccc(COC(=O)NCc2ccc3c(c2)C(=O)N(C2CCC(=O)NC2=O)C3)cc1. The molecule has 0 spiro atoms. The van der Waals surface area contributed by atoms with Crippen LogP contribution < -0.4 is 16.4 Å². The van der Waals surface area contributed by atoms with Gasteiger partial charge in [-0.2, -0.15) is 0 Å². The van der Waals surface area contributed by atoms with Crippen LogP contribution in [-0.4, -0.2) is 34.8 Å². The number of hydrogen-bond donors (Lipinski definition) is 3. The van der Waals surface area contributed by atoms with Gasteiger partial charge in [-0.05, 0) is 41.3 Å². The summed E-state index contributed by atoms with van der Waals surface area (Å²) < 4.78 is 5.18. The summed E-state index contributed by atoms with van der Waals surface area (Å²) in [6.45, 7) is 0.632. The Kier molecular flexibility index (Phi) is 5.57. The van der Waals surface area contributed by atoms with Gasteiger partial charge in [0.1, 0.15) is 12.6 Å². The van der Waals surface area contributed by atoms with E-state index >= 15 is 0 Å². The molecule has 4 N–H and O–H groups in total. The van der Waals surface area contributed by atoms with Gasteiger partial charge in [-0.1, -0.05) is 24.3 Å². The maximum absolute atomic E-state index is 12.8. The van der Waals surface area contributed by atoms with E-state index in [2.05, 4.69) is 10.6 Å². The summed E-state index contributed by atoms with van der Waals surface area (Å²) in [5, 5.41) is 4.95. The number of nitrogens with zero attached hydrogens (tertiary/aromatic N) is 1. The smallest absolute Gasteiger partial charge is 0.407 e. The molecule has 2 aromatic rings. The van der Waals surface area contributed by atoms with Gasteiger partial charge in [-0.25, -0.2) is 4.79 Å². The molecule has 2 aliphatic heterocycles. The first kappa shape index (κ1) is 20.4. The Bertz CT molecular complexity index is 1050. The van der Waals surface area contributed by atoms with Crippen LogP contribution in [0.1, 0.15) is 39.9 Å². The van der Waals surface area contributed by atoms with Crippen LogP contribution in [-0.2, 0) is 34.0 Å². The van der Waals surface area contributed by atoms with Crippen LogP contribution in [0.15, 0.2) is 42.5 Å². The van der Waals surface area contributed by atoms with Crippen molar-refractivity contribution in [2.45, 2.75) is 38.6 Å². The Labute approximate surface area is 178 Å². The van der Waals surface area contributed by atoms with Crippen LogP contribution in [0.4, 0.5) is 10.5 Å². The number of carbonyl (C=O) groups is 4. The Morgan fingerprint density at radius 3 is 2.61 bits per heavy atom. The van der Waals surface area contributed by atoms with Crippen molar-refractivity contribution in [1.29, 1.82) is 0 Å². The van der Waals surface area contributed by atoms with Crippen LogP contribution in [0.25, 0.3) is 0 Å². The summed E-state index contributed by atoms with van der Waals surface area (Å²) in [6.07, 6.45) is -0.0446. The second-order valence-corrected chi connectivity index (χ2v) is 7.56.